The summed E-state index contributed by atoms with van der Waals surface area (Å²) in [5.74, 6) is 0.459. The van der Waals surface area contributed by atoms with Gasteiger partial charge in [-0.1, -0.05) is 0 Å². The van der Waals surface area contributed by atoms with Gasteiger partial charge in [0.25, 0.3) is 0 Å². The van der Waals surface area contributed by atoms with Crippen LogP contribution in [0.4, 0.5) is 5.13 Å². The van der Waals surface area contributed by atoms with Crippen LogP contribution >= 0.6 is 11.3 Å². The molecular weight excluding hydrogens is 274 g/mol. The minimum atomic E-state index is -0.194. The van der Waals surface area contributed by atoms with Crippen LogP contribution in [0.15, 0.2) is 28.9 Å². The average Bonchev–Trinajstić information content (AvgIpc) is 3.04. The van der Waals surface area contributed by atoms with E-state index in [-0.39, 0.29) is 5.91 Å². The number of rotatable bonds is 3. The van der Waals surface area contributed by atoms with Gasteiger partial charge in [0.1, 0.15) is 5.76 Å². The number of carbonyl (C=O) groups excluding carboxylic acids is 1. The second-order valence-corrected chi connectivity index (χ2v) is 5.80. The number of nitrogens with zero attached hydrogens (tertiary/aromatic N) is 2. The smallest absolute Gasteiger partial charge is 0.250 e. The fourth-order valence-corrected chi connectivity index (χ4v) is 3.16. The first-order chi connectivity index (χ1) is 9.70. The molecule has 20 heavy (non-hydrogen) atoms. The minimum Gasteiger partial charge on any atom is -0.465 e. The number of hydrogen-bond acceptors (Lipinski definition) is 5. The summed E-state index contributed by atoms with van der Waals surface area (Å²) >= 11 is 1.55. The lowest BCUT2D eigenvalue weighted by Crippen LogP contribution is -2.25. The maximum absolute atomic E-state index is 11.8. The normalized spacial score (nSPS) is 15.4. The first-order valence-electron chi connectivity index (χ1n) is 6.40. The number of likely N-dealkylation sites (N-methyl/N-ethyl adjacent to an activating group) is 1. The molecule has 1 aliphatic rings. The lowest BCUT2D eigenvalue weighted by Gasteiger charge is -2.20. The molecule has 5 nitrogen and oxygen atoms in total. The molecule has 0 fully saturated rings. The van der Waals surface area contributed by atoms with Gasteiger partial charge in [0.2, 0.25) is 5.91 Å². The zero-order valence-electron chi connectivity index (χ0n) is 11.1. The van der Waals surface area contributed by atoms with Gasteiger partial charge in [-0.2, -0.15) is 0 Å². The topological polar surface area (TPSA) is 58.4 Å². The van der Waals surface area contributed by atoms with E-state index in [1.165, 1.54) is 11.0 Å². The van der Waals surface area contributed by atoms with Crippen molar-refractivity contribution >= 4 is 28.5 Å². The molecule has 0 saturated carbocycles. The van der Waals surface area contributed by atoms with Gasteiger partial charge in [0, 0.05) is 30.5 Å². The van der Waals surface area contributed by atoms with Crippen molar-refractivity contribution in [2.75, 3.05) is 18.9 Å². The largest absolute Gasteiger partial charge is 0.465 e. The average molecular weight is 289 g/mol. The maximum Gasteiger partial charge on any atom is 0.250 e. The second-order valence-electron chi connectivity index (χ2n) is 4.71. The van der Waals surface area contributed by atoms with E-state index in [1.807, 2.05) is 0 Å². The van der Waals surface area contributed by atoms with Crippen molar-refractivity contribution < 1.29 is 9.21 Å². The molecule has 104 valence electrons. The maximum atomic E-state index is 11.8. The van der Waals surface area contributed by atoms with Crippen LogP contribution in [0.2, 0.25) is 0 Å². The summed E-state index contributed by atoms with van der Waals surface area (Å²) in [6.07, 6.45) is 5.60. The number of carbonyl (C=O) groups is 1. The summed E-state index contributed by atoms with van der Waals surface area (Å²) in [4.78, 5) is 19.8. The zero-order valence-corrected chi connectivity index (χ0v) is 11.9. The first-order valence-corrected chi connectivity index (χ1v) is 7.22. The quantitative estimate of drug-likeness (QED) is 0.881. The van der Waals surface area contributed by atoms with Gasteiger partial charge in [-0.05, 0) is 25.3 Å². The number of anilines is 1. The van der Waals surface area contributed by atoms with Crippen LogP contribution in [-0.2, 0) is 17.8 Å². The monoisotopic (exact) mass is 289 g/mol. The van der Waals surface area contributed by atoms with E-state index < -0.39 is 0 Å². The first kappa shape index (κ1) is 13.1. The number of amides is 1. The Hall–Kier alpha value is -1.92. The summed E-state index contributed by atoms with van der Waals surface area (Å²) in [6.45, 7) is 1.92. The number of thiazole rings is 1. The Morgan fingerprint density at radius 1 is 1.60 bits per heavy atom. The highest BCUT2D eigenvalue weighted by Crippen LogP contribution is 2.27. The summed E-state index contributed by atoms with van der Waals surface area (Å²) in [6, 6.07) is 3.57. The van der Waals surface area contributed by atoms with Gasteiger partial charge >= 0.3 is 0 Å². The van der Waals surface area contributed by atoms with Gasteiger partial charge in [0.15, 0.2) is 5.13 Å². The fraction of sp³-hybridized carbons (Fsp3) is 0.286. The van der Waals surface area contributed by atoms with Crippen LogP contribution in [0.1, 0.15) is 16.3 Å². The van der Waals surface area contributed by atoms with Crippen molar-refractivity contribution in [2.45, 2.75) is 13.0 Å². The van der Waals surface area contributed by atoms with Crippen molar-refractivity contribution in [3.63, 3.8) is 0 Å². The molecule has 0 saturated heterocycles. The van der Waals surface area contributed by atoms with E-state index >= 15 is 0 Å². The highest BCUT2D eigenvalue weighted by molar-refractivity contribution is 7.15. The molecule has 1 aliphatic heterocycles. The van der Waals surface area contributed by atoms with Gasteiger partial charge in [-0.3, -0.25) is 10.1 Å². The van der Waals surface area contributed by atoms with Crippen molar-refractivity contribution in [3.05, 3.63) is 40.8 Å². The Balaban J connectivity index is 1.64. The van der Waals surface area contributed by atoms with Crippen molar-refractivity contribution in [1.82, 2.24) is 9.88 Å². The highest BCUT2D eigenvalue weighted by atomic mass is 32.1. The van der Waals surface area contributed by atoms with Crippen LogP contribution in [-0.4, -0.2) is 29.4 Å². The summed E-state index contributed by atoms with van der Waals surface area (Å²) < 4.78 is 5.13. The predicted molar refractivity (Wildman–Crippen MR) is 78.5 cm³/mol. The van der Waals surface area contributed by atoms with Crippen LogP contribution < -0.4 is 5.32 Å². The molecule has 3 heterocycles. The van der Waals surface area contributed by atoms with E-state index in [2.05, 4.69) is 22.2 Å². The van der Waals surface area contributed by atoms with Crippen molar-refractivity contribution in [1.29, 1.82) is 0 Å². The third kappa shape index (κ3) is 2.97. The van der Waals surface area contributed by atoms with Crippen LogP contribution in [0, 0.1) is 0 Å². The number of aromatic nitrogens is 1. The van der Waals surface area contributed by atoms with E-state index in [0.717, 1.165) is 25.2 Å². The summed E-state index contributed by atoms with van der Waals surface area (Å²) in [5, 5.41) is 3.46. The van der Waals surface area contributed by atoms with Crippen LogP contribution in [0.5, 0.6) is 0 Å². The van der Waals surface area contributed by atoms with Crippen LogP contribution in [0.3, 0.4) is 0 Å². The van der Waals surface area contributed by atoms with Gasteiger partial charge in [-0.15, -0.1) is 11.3 Å². The SMILES string of the molecule is CN1CCc2nc(NC(=O)/C=C/c3ccco3)sc2C1. The molecule has 0 spiro atoms. The van der Waals surface area contributed by atoms with Gasteiger partial charge in [0.05, 0.1) is 12.0 Å². The van der Waals surface area contributed by atoms with Gasteiger partial charge in [-0.25, -0.2) is 4.98 Å². The van der Waals surface area contributed by atoms with Crippen molar-refractivity contribution in [3.8, 4) is 0 Å². The van der Waals surface area contributed by atoms with E-state index in [0.29, 0.717) is 10.9 Å². The standard InChI is InChI=1S/C14H15N3O2S/c1-17-7-6-11-12(9-17)20-14(15-11)16-13(18)5-4-10-3-2-8-19-10/h2-5,8H,6-7,9H2,1H3,(H,15,16,18)/b5-4+. The number of nitrogens with one attached hydrogen (secondary N) is 1. The lowest BCUT2D eigenvalue weighted by atomic mass is 10.2. The minimum absolute atomic E-state index is 0.194. The molecule has 3 rings (SSSR count). The Labute approximate surface area is 120 Å². The fourth-order valence-electron chi connectivity index (χ4n) is 2.07. The van der Waals surface area contributed by atoms with Gasteiger partial charge < -0.3 is 9.32 Å². The number of hydrogen-bond donors (Lipinski definition) is 1. The summed E-state index contributed by atoms with van der Waals surface area (Å²) in [7, 11) is 2.09. The summed E-state index contributed by atoms with van der Waals surface area (Å²) in [5.41, 5.74) is 1.11. The Kier molecular flexibility index (Phi) is 3.66. The van der Waals surface area contributed by atoms with E-state index in [4.69, 9.17) is 4.42 Å². The molecule has 1 N–H and O–H groups in total. The molecule has 0 aliphatic carbocycles. The predicted octanol–water partition coefficient (Wildman–Crippen LogP) is 2.38. The molecular formula is C14H15N3O2S. The third-order valence-corrected chi connectivity index (χ3v) is 4.09. The second kappa shape index (κ2) is 5.60. The number of fused-ring (bicyclic) bond motifs is 1. The number of furan rings is 1. The highest BCUT2D eigenvalue weighted by Gasteiger charge is 2.18. The molecule has 0 aromatic carbocycles. The van der Waals surface area contributed by atoms with Crippen LogP contribution in [0.25, 0.3) is 6.08 Å². The molecule has 0 atom stereocenters. The molecule has 1 amide bonds. The van der Waals surface area contributed by atoms with E-state index in [9.17, 15) is 4.79 Å². The molecule has 0 unspecified atom stereocenters. The van der Waals surface area contributed by atoms with Crippen molar-refractivity contribution in [2.24, 2.45) is 0 Å². The molecule has 2 aromatic rings. The lowest BCUT2D eigenvalue weighted by molar-refractivity contribution is -0.111. The molecule has 0 radical (unpaired) electrons. The molecule has 2 aromatic heterocycles. The Morgan fingerprint density at radius 3 is 3.30 bits per heavy atom. The molecule has 0 bridgehead atoms. The molecule has 6 heteroatoms. The zero-order chi connectivity index (χ0) is 13.9. The Bertz CT molecular complexity index is 631. The van der Waals surface area contributed by atoms with E-state index in [1.54, 1.807) is 35.8 Å². The Morgan fingerprint density at radius 2 is 2.50 bits per heavy atom. The third-order valence-electron chi connectivity index (χ3n) is 3.09.